The third-order valence-electron chi connectivity index (χ3n) is 2.70. The first-order valence-corrected chi connectivity index (χ1v) is 6.76. The molecule has 0 saturated heterocycles. The lowest BCUT2D eigenvalue weighted by atomic mass is 10.2. The number of halogens is 2. The zero-order valence-corrected chi connectivity index (χ0v) is 12.2. The lowest BCUT2D eigenvalue weighted by Crippen LogP contribution is -2.04. The van der Waals surface area contributed by atoms with E-state index in [9.17, 15) is 9.18 Å². The molecule has 6 heteroatoms. The number of aromatic carboxylic acids is 1. The van der Waals surface area contributed by atoms with Crippen LogP contribution in [0.1, 0.15) is 23.0 Å². The lowest BCUT2D eigenvalue weighted by Gasteiger charge is -2.11. The number of aromatic nitrogens is 1. The van der Waals surface area contributed by atoms with Crippen molar-refractivity contribution < 1.29 is 14.3 Å². The molecular formula is C14H12BrFN2O2. The molecule has 0 fully saturated rings. The Bertz CT molecular complexity index is 641. The molecule has 0 bridgehead atoms. The topological polar surface area (TPSA) is 62.2 Å². The van der Waals surface area contributed by atoms with Gasteiger partial charge in [-0.3, -0.25) is 0 Å². The molecular weight excluding hydrogens is 327 g/mol. The van der Waals surface area contributed by atoms with Crippen LogP contribution in [-0.2, 0) is 6.42 Å². The van der Waals surface area contributed by atoms with Crippen molar-refractivity contribution in [1.82, 2.24) is 4.98 Å². The molecule has 0 aliphatic carbocycles. The molecule has 0 atom stereocenters. The lowest BCUT2D eigenvalue weighted by molar-refractivity contribution is 0.0696. The number of benzene rings is 1. The van der Waals surface area contributed by atoms with E-state index in [1.165, 1.54) is 18.2 Å². The Hall–Kier alpha value is -1.95. The van der Waals surface area contributed by atoms with Gasteiger partial charge >= 0.3 is 5.97 Å². The van der Waals surface area contributed by atoms with Gasteiger partial charge < -0.3 is 10.4 Å². The van der Waals surface area contributed by atoms with E-state index < -0.39 is 11.8 Å². The molecule has 1 aromatic heterocycles. The quantitative estimate of drug-likeness (QED) is 0.884. The maximum absolute atomic E-state index is 13.7. The number of carboxylic acid groups (broad SMARTS) is 1. The molecule has 0 spiro atoms. The Balaban J connectivity index is 2.43. The number of rotatable bonds is 4. The van der Waals surface area contributed by atoms with Crippen LogP contribution >= 0.6 is 15.9 Å². The maximum atomic E-state index is 13.7. The predicted molar refractivity (Wildman–Crippen MR) is 78.0 cm³/mol. The Kier molecular flexibility index (Phi) is 4.34. The average Bonchev–Trinajstić information content (AvgIpc) is 2.42. The fourth-order valence-corrected chi connectivity index (χ4v) is 2.14. The second kappa shape index (κ2) is 6.00. The fraction of sp³-hybridized carbons (Fsp3) is 0.143. The zero-order valence-electron chi connectivity index (χ0n) is 10.7. The summed E-state index contributed by atoms with van der Waals surface area (Å²) in [5, 5.41) is 11.9. The van der Waals surface area contributed by atoms with Crippen molar-refractivity contribution in [2.45, 2.75) is 13.3 Å². The largest absolute Gasteiger partial charge is 0.478 e. The first-order chi connectivity index (χ1) is 9.51. The molecule has 0 aliphatic rings. The van der Waals surface area contributed by atoms with E-state index in [0.29, 0.717) is 22.4 Å². The van der Waals surface area contributed by atoms with Crippen molar-refractivity contribution in [2.24, 2.45) is 0 Å². The molecule has 0 aliphatic heterocycles. The molecule has 1 heterocycles. The minimum Gasteiger partial charge on any atom is -0.478 e. The first kappa shape index (κ1) is 14.5. The summed E-state index contributed by atoms with van der Waals surface area (Å²) in [7, 11) is 0. The summed E-state index contributed by atoms with van der Waals surface area (Å²) in [6.07, 6.45) is 0.592. The number of hydrogen-bond acceptors (Lipinski definition) is 3. The SMILES string of the molecule is CCc1cc(C(=O)O)cc(Nc2c(F)cccc2Br)n1. The highest BCUT2D eigenvalue weighted by Gasteiger charge is 2.11. The highest BCUT2D eigenvalue weighted by molar-refractivity contribution is 9.10. The van der Waals surface area contributed by atoms with Gasteiger partial charge in [0.05, 0.1) is 11.3 Å². The van der Waals surface area contributed by atoms with Gasteiger partial charge in [0, 0.05) is 10.2 Å². The van der Waals surface area contributed by atoms with Crippen LogP contribution in [0, 0.1) is 5.82 Å². The van der Waals surface area contributed by atoms with Crippen LogP contribution in [0.4, 0.5) is 15.9 Å². The Labute approximate surface area is 123 Å². The highest BCUT2D eigenvalue weighted by Crippen LogP contribution is 2.28. The predicted octanol–water partition coefficient (Wildman–Crippen LogP) is 3.99. The first-order valence-electron chi connectivity index (χ1n) is 5.96. The van der Waals surface area contributed by atoms with Crippen molar-refractivity contribution in [2.75, 3.05) is 5.32 Å². The van der Waals surface area contributed by atoms with Crippen LogP contribution in [0.3, 0.4) is 0 Å². The number of aryl methyl sites for hydroxylation is 1. The minimum absolute atomic E-state index is 0.117. The molecule has 2 aromatic rings. The summed E-state index contributed by atoms with van der Waals surface area (Å²) in [5.41, 5.74) is 0.969. The van der Waals surface area contributed by atoms with Gasteiger partial charge in [0.2, 0.25) is 0 Å². The van der Waals surface area contributed by atoms with Gasteiger partial charge in [-0.25, -0.2) is 14.2 Å². The summed E-state index contributed by atoms with van der Waals surface area (Å²) < 4.78 is 14.3. The van der Waals surface area contributed by atoms with Gasteiger partial charge in [-0.1, -0.05) is 13.0 Å². The number of nitrogens with zero attached hydrogens (tertiary/aromatic N) is 1. The van der Waals surface area contributed by atoms with Gasteiger partial charge in [-0.15, -0.1) is 0 Å². The molecule has 0 saturated carbocycles. The van der Waals surface area contributed by atoms with Crippen molar-refractivity contribution in [3.05, 3.63) is 51.9 Å². The normalized spacial score (nSPS) is 10.3. The van der Waals surface area contributed by atoms with Crippen LogP contribution in [0.5, 0.6) is 0 Å². The summed E-state index contributed by atoms with van der Waals surface area (Å²) in [4.78, 5) is 15.3. The number of pyridine rings is 1. The molecule has 20 heavy (non-hydrogen) atoms. The maximum Gasteiger partial charge on any atom is 0.335 e. The van der Waals surface area contributed by atoms with Gasteiger partial charge in [0.1, 0.15) is 11.6 Å². The number of para-hydroxylation sites is 1. The van der Waals surface area contributed by atoms with Crippen LogP contribution in [0.15, 0.2) is 34.8 Å². The molecule has 1 aromatic carbocycles. The smallest absolute Gasteiger partial charge is 0.335 e. The van der Waals surface area contributed by atoms with Gasteiger partial charge in [-0.2, -0.15) is 0 Å². The van der Waals surface area contributed by atoms with Crippen LogP contribution in [0.25, 0.3) is 0 Å². The highest BCUT2D eigenvalue weighted by atomic mass is 79.9. The monoisotopic (exact) mass is 338 g/mol. The summed E-state index contributed by atoms with van der Waals surface area (Å²) in [5.74, 6) is -1.19. The van der Waals surface area contributed by atoms with Crippen molar-refractivity contribution in [3.8, 4) is 0 Å². The Morgan fingerprint density at radius 2 is 2.20 bits per heavy atom. The van der Waals surface area contributed by atoms with E-state index in [0.717, 1.165) is 0 Å². The average molecular weight is 339 g/mol. The van der Waals surface area contributed by atoms with Gasteiger partial charge in [0.25, 0.3) is 0 Å². The van der Waals surface area contributed by atoms with E-state index in [2.05, 4.69) is 26.2 Å². The third-order valence-corrected chi connectivity index (χ3v) is 3.36. The Morgan fingerprint density at radius 1 is 1.45 bits per heavy atom. The molecule has 0 unspecified atom stereocenters. The number of anilines is 2. The minimum atomic E-state index is -1.04. The Morgan fingerprint density at radius 3 is 2.80 bits per heavy atom. The van der Waals surface area contributed by atoms with Crippen molar-refractivity contribution in [3.63, 3.8) is 0 Å². The fourth-order valence-electron chi connectivity index (χ4n) is 1.70. The number of nitrogens with one attached hydrogen (secondary N) is 1. The van der Waals surface area contributed by atoms with Crippen LogP contribution in [0.2, 0.25) is 0 Å². The number of hydrogen-bond donors (Lipinski definition) is 2. The van der Waals surface area contributed by atoms with Crippen LogP contribution < -0.4 is 5.32 Å². The molecule has 0 radical (unpaired) electrons. The van der Waals surface area contributed by atoms with E-state index in [4.69, 9.17) is 5.11 Å². The van der Waals surface area contributed by atoms with E-state index >= 15 is 0 Å². The molecule has 0 amide bonds. The van der Waals surface area contributed by atoms with Crippen molar-refractivity contribution in [1.29, 1.82) is 0 Å². The second-order valence-electron chi connectivity index (χ2n) is 4.11. The number of carbonyl (C=O) groups is 1. The summed E-state index contributed by atoms with van der Waals surface area (Å²) in [6, 6.07) is 7.45. The third kappa shape index (κ3) is 3.14. The zero-order chi connectivity index (χ0) is 14.7. The number of carboxylic acids is 1. The second-order valence-corrected chi connectivity index (χ2v) is 4.97. The van der Waals surface area contributed by atoms with E-state index in [-0.39, 0.29) is 11.3 Å². The standard InChI is InChI=1S/C14H12BrFN2O2/c1-2-9-6-8(14(19)20)7-12(17-9)18-13-10(15)4-3-5-11(13)16/h3-7H,2H2,1H3,(H,17,18)(H,19,20). The molecule has 2 rings (SSSR count). The van der Waals surface area contributed by atoms with Gasteiger partial charge in [0.15, 0.2) is 0 Å². The summed E-state index contributed by atoms with van der Waals surface area (Å²) in [6.45, 7) is 1.87. The van der Waals surface area contributed by atoms with E-state index in [1.807, 2.05) is 6.92 Å². The van der Waals surface area contributed by atoms with E-state index in [1.54, 1.807) is 12.1 Å². The molecule has 104 valence electrons. The summed E-state index contributed by atoms with van der Waals surface area (Å²) >= 11 is 3.24. The van der Waals surface area contributed by atoms with Crippen LogP contribution in [-0.4, -0.2) is 16.1 Å². The molecule has 2 N–H and O–H groups in total. The van der Waals surface area contributed by atoms with Gasteiger partial charge in [-0.05, 0) is 46.6 Å². The molecule has 4 nitrogen and oxygen atoms in total. The van der Waals surface area contributed by atoms with Crippen molar-refractivity contribution >= 4 is 33.4 Å².